The van der Waals surface area contributed by atoms with Crippen LogP contribution in [0.4, 0.5) is 10.5 Å². The molecule has 6 nitrogen and oxygen atoms in total. The van der Waals surface area contributed by atoms with E-state index in [4.69, 9.17) is 4.74 Å². The molecule has 7 rings (SSSR count). The van der Waals surface area contributed by atoms with E-state index in [1.807, 2.05) is 39.0 Å². The van der Waals surface area contributed by atoms with Crippen molar-refractivity contribution in [2.45, 2.75) is 88.8 Å². The second kappa shape index (κ2) is 7.97. The number of hydrogen-bond donors (Lipinski definition) is 2. The van der Waals surface area contributed by atoms with Gasteiger partial charge in [-0.2, -0.15) is 0 Å². The summed E-state index contributed by atoms with van der Waals surface area (Å²) in [5.41, 5.74) is 0.948. The summed E-state index contributed by atoms with van der Waals surface area (Å²) in [4.78, 5) is 29.6. The van der Waals surface area contributed by atoms with Gasteiger partial charge in [0.25, 0.3) is 0 Å². The van der Waals surface area contributed by atoms with Crippen molar-refractivity contribution in [2.24, 2.45) is 23.7 Å². The van der Waals surface area contributed by atoms with E-state index >= 15 is 0 Å². The fraction of sp³-hybridized carbons (Fsp3) is 0.714. The Hall–Kier alpha value is -2.08. The average molecular weight is 466 g/mol. The molecular formula is C28H39N3O3. The predicted octanol–water partition coefficient (Wildman–Crippen LogP) is 4.37. The Morgan fingerprint density at radius 3 is 2.24 bits per heavy atom. The summed E-state index contributed by atoms with van der Waals surface area (Å²) in [6.45, 7) is 7.35. The minimum atomic E-state index is -0.627. The molecule has 6 heteroatoms. The van der Waals surface area contributed by atoms with Crippen LogP contribution in [0.15, 0.2) is 24.3 Å². The van der Waals surface area contributed by atoms with Gasteiger partial charge in [-0.1, -0.05) is 18.2 Å². The Balaban J connectivity index is 1.36. The van der Waals surface area contributed by atoms with Crippen LogP contribution >= 0.6 is 0 Å². The maximum absolute atomic E-state index is 14.3. The van der Waals surface area contributed by atoms with Gasteiger partial charge < -0.3 is 15.4 Å². The highest BCUT2D eigenvalue weighted by Gasteiger charge is 2.58. The molecule has 6 aliphatic rings. The van der Waals surface area contributed by atoms with Crippen LogP contribution in [0.2, 0.25) is 0 Å². The van der Waals surface area contributed by atoms with Crippen LogP contribution < -0.4 is 15.5 Å². The van der Waals surface area contributed by atoms with Gasteiger partial charge in [0.15, 0.2) is 0 Å². The Bertz CT molecular complexity index is 949. The van der Waals surface area contributed by atoms with Crippen LogP contribution in [-0.2, 0) is 14.9 Å². The first-order valence-corrected chi connectivity index (χ1v) is 13.4. The molecule has 4 aliphatic carbocycles. The number of amides is 2. The second-order valence-electron chi connectivity index (χ2n) is 12.6. The van der Waals surface area contributed by atoms with Crippen molar-refractivity contribution in [3.05, 3.63) is 29.8 Å². The van der Waals surface area contributed by atoms with Gasteiger partial charge in [-0.15, -0.1) is 0 Å². The highest BCUT2D eigenvalue weighted by Crippen LogP contribution is 2.55. The number of piperidine rings is 1. The molecule has 5 fully saturated rings. The predicted molar refractivity (Wildman–Crippen MR) is 132 cm³/mol. The van der Waals surface area contributed by atoms with Gasteiger partial charge in [0.1, 0.15) is 11.6 Å². The molecule has 2 heterocycles. The van der Waals surface area contributed by atoms with E-state index in [2.05, 4.69) is 16.7 Å². The zero-order valence-electron chi connectivity index (χ0n) is 20.8. The number of rotatable bonds is 2. The topological polar surface area (TPSA) is 70.7 Å². The van der Waals surface area contributed by atoms with Crippen molar-refractivity contribution in [3.8, 4) is 0 Å². The molecule has 184 valence electrons. The minimum absolute atomic E-state index is 0.0152. The lowest BCUT2D eigenvalue weighted by Crippen LogP contribution is -2.63. The Morgan fingerprint density at radius 2 is 1.62 bits per heavy atom. The maximum Gasteiger partial charge on any atom is 0.415 e. The van der Waals surface area contributed by atoms with Gasteiger partial charge in [-0.25, -0.2) is 4.79 Å². The summed E-state index contributed by atoms with van der Waals surface area (Å²) in [6.07, 6.45) is 7.68. The summed E-state index contributed by atoms with van der Waals surface area (Å²) in [5, 5.41) is 7.01. The summed E-state index contributed by atoms with van der Waals surface area (Å²) in [6, 6.07) is 7.78. The maximum atomic E-state index is 14.3. The fourth-order valence-corrected chi connectivity index (χ4v) is 8.34. The van der Waals surface area contributed by atoms with E-state index in [1.54, 1.807) is 4.90 Å². The Kier molecular flexibility index (Phi) is 5.25. The summed E-state index contributed by atoms with van der Waals surface area (Å²) in [5.74, 6) is 2.94. The summed E-state index contributed by atoms with van der Waals surface area (Å²) in [7, 11) is 0. The SMILES string of the molecule is CC(C)(C)OC(=O)N1c2ccccc2C2(CCNCC2)[C@@H]1C(=O)NC1C2CC3CC(C2)CC1C3. The number of anilines is 1. The Labute approximate surface area is 203 Å². The smallest absolute Gasteiger partial charge is 0.415 e. The van der Waals surface area contributed by atoms with Crippen LogP contribution in [0, 0.1) is 23.7 Å². The molecule has 1 spiro atoms. The van der Waals surface area contributed by atoms with E-state index in [0.29, 0.717) is 11.8 Å². The molecule has 2 aliphatic heterocycles. The van der Waals surface area contributed by atoms with Gasteiger partial charge in [-0.3, -0.25) is 9.69 Å². The normalized spacial score (nSPS) is 35.3. The number of carbonyl (C=O) groups excluding carboxylic acids is 2. The highest BCUT2D eigenvalue weighted by molar-refractivity contribution is 6.02. The molecular weight excluding hydrogens is 426 g/mol. The molecule has 4 bridgehead atoms. The standard InChI is InChI=1S/C28H39N3O3/c1-27(2,3)34-26(33)31-22-7-5-4-6-21(22)28(8-10-29-11-9-28)24(31)25(32)30-23-19-13-17-12-18(15-19)16-20(23)14-17/h4-7,17-20,23-24,29H,8-16H2,1-3H3,(H,30,32)/t17?,18?,19?,20?,23?,24-/m0/s1. The van der Waals surface area contributed by atoms with Crippen LogP contribution in [-0.4, -0.2) is 42.8 Å². The van der Waals surface area contributed by atoms with Crippen LogP contribution in [0.3, 0.4) is 0 Å². The zero-order chi connectivity index (χ0) is 23.7. The minimum Gasteiger partial charge on any atom is -0.443 e. The van der Waals surface area contributed by atoms with E-state index < -0.39 is 17.7 Å². The number of nitrogens with one attached hydrogen (secondary N) is 2. The first kappa shape index (κ1) is 22.4. The van der Waals surface area contributed by atoms with Crippen LogP contribution in [0.1, 0.15) is 71.3 Å². The molecule has 2 N–H and O–H groups in total. The van der Waals surface area contributed by atoms with Gasteiger partial charge in [-0.05, 0) is 114 Å². The number of ether oxygens (including phenoxy) is 1. The molecule has 1 aromatic rings. The molecule has 1 aromatic carbocycles. The number of para-hydroxylation sites is 1. The van der Waals surface area contributed by atoms with Crippen molar-refractivity contribution in [1.82, 2.24) is 10.6 Å². The first-order chi connectivity index (χ1) is 16.2. The third kappa shape index (κ3) is 3.55. The molecule has 4 saturated carbocycles. The highest BCUT2D eigenvalue weighted by atomic mass is 16.6. The lowest BCUT2D eigenvalue weighted by molar-refractivity contribution is -0.128. The van der Waals surface area contributed by atoms with E-state index in [-0.39, 0.29) is 17.4 Å². The number of fused-ring (bicyclic) bond motifs is 2. The number of benzene rings is 1. The van der Waals surface area contributed by atoms with Crippen LogP contribution in [0.5, 0.6) is 0 Å². The van der Waals surface area contributed by atoms with Crippen molar-refractivity contribution in [2.75, 3.05) is 18.0 Å². The summed E-state index contributed by atoms with van der Waals surface area (Å²) < 4.78 is 5.87. The third-order valence-electron chi connectivity index (χ3n) is 9.35. The lowest BCUT2D eigenvalue weighted by atomic mass is 9.54. The molecule has 34 heavy (non-hydrogen) atoms. The molecule has 1 atom stereocenters. The lowest BCUT2D eigenvalue weighted by Gasteiger charge is -2.54. The summed E-state index contributed by atoms with van der Waals surface area (Å²) >= 11 is 0. The largest absolute Gasteiger partial charge is 0.443 e. The van der Waals surface area contributed by atoms with Gasteiger partial charge in [0, 0.05) is 11.5 Å². The first-order valence-electron chi connectivity index (χ1n) is 13.4. The van der Waals surface area contributed by atoms with Crippen molar-refractivity contribution in [3.63, 3.8) is 0 Å². The van der Waals surface area contributed by atoms with E-state index in [1.165, 1.54) is 32.1 Å². The van der Waals surface area contributed by atoms with Crippen molar-refractivity contribution < 1.29 is 14.3 Å². The van der Waals surface area contributed by atoms with Crippen molar-refractivity contribution in [1.29, 1.82) is 0 Å². The molecule has 0 aromatic heterocycles. The third-order valence-corrected chi connectivity index (χ3v) is 9.35. The number of carbonyl (C=O) groups is 2. The Morgan fingerprint density at radius 1 is 1.00 bits per heavy atom. The van der Waals surface area contributed by atoms with E-state index in [9.17, 15) is 9.59 Å². The fourth-order valence-electron chi connectivity index (χ4n) is 8.34. The quantitative estimate of drug-likeness (QED) is 0.680. The average Bonchev–Trinajstić information content (AvgIpc) is 3.05. The van der Waals surface area contributed by atoms with Crippen molar-refractivity contribution >= 4 is 17.7 Å². The monoisotopic (exact) mass is 465 g/mol. The second-order valence-corrected chi connectivity index (χ2v) is 12.6. The number of hydrogen-bond acceptors (Lipinski definition) is 4. The van der Waals surface area contributed by atoms with E-state index in [0.717, 1.165) is 49.0 Å². The zero-order valence-corrected chi connectivity index (χ0v) is 20.8. The molecule has 0 unspecified atom stereocenters. The molecule has 2 amide bonds. The van der Waals surface area contributed by atoms with Gasteiger partial charge in [0.05, 0.1) is 5.69 Å². The van der Waals surface area contributed by atoms with Gasteiger partial charge >= 0.3 is 6.09 Å². The van der Waals surface area contributed by atoms with Crippen LogP contribution in [0.25, 0.3) is 0 Å². The van der Waals surface area contributed by atoms with Gasteiger partial charge in [0.2, 0.25) is 5.91 Å². The molecule has 0 radical (unpaired) electrons. The molecule has 1 saturated heterocycles. The number of nitrogens with zero attached hydrogens (tertiary/aromatic N) is 1.